The van der Waals surface area contributed by atoms with Gasteiger partial charge < -0.3 is 20.3 Å². The molecule has 138 valence electrons. The molecule has 1 aliphatic heterocycles. The summed E-state index contributed by atoms with van der Waals surface area (Å²) in [5, 5.41) is 7.53. The van der Waals surface area contributed by atoms with Crippen LogP contribution in [-0.4, -0.2) is 22.2 Å². The fraction of sp³-hybridized carbons (Fsp3) is 0.250. The minimum Gasteiger partial charge on any atom is -0.367 e. The number of carbonyl (C=O) groups is 1. The molecule has 0 spiro atoms. The van der Waals surface area contributed by atoms with Gasteiger partial charge in [0.25, 0.3) is 5.89 Å². The van der Waals surface area contributed by atoms with E-state index in [2.05, 4.69) is 15.5 Å². The predicted octanol–water partition coefficient (Wildman–Crippen LogP) is 3.49. The van der Waals surface area contributed by atoms with Gasteiger partial charge in [0.2, 0.25) is 11.7 Å². The number of nitrogens with zero attached hydrogens (tertiary/aromatic N) is 2. The Hall–Kier alpha value is -3.19. The van der Waals surface area contributed by atoms with Crippen molar-refractivity contribution in [3.8, 4) is 11.4 Å². The highest BCUT2D eigenvalue weighted by Gasteiger charge is 2.33. The third-order valence-electron chi connectivity index (χ3n) is 4.64. The number of carbonyl (C=O) groups excluding carboxylic acids is 1. The van der Waals surface area contributed by atoms with Crippen molar-refractivity contribution in [2.24, 2.45) is 5.73 Å². The Kier molecular flexibility index (Phi) is 4.60. The molecule has 1 aromatic heterocycles. The lowest BCUT2D eigenvalue weighted by molar-refractivity contribution is -0.129. The summed E-state index contributed by atoms with van der Waals surface area (Å²) in [5.41, 5.74) is 9.15. The van der Waals surface area contributed by atoms with Crippen molar-refractivity contribution < 1.29 is 14.1 Å². The predicted molar refractivity (Wildman–Crippen MR) is 100 cm³/mol. The van der Waals surface area contributed by atoms with Crippen LogP contribution in [0.2, 0.25) is 0 Å². The van der Waals surface area contributed by atoms with Gasteiger partial charge >= 0.3 is 0 Å². The first-order chi connectivity index (χ1) is 13.1. The highest BCUT2D eigenvalue weighted by atomic mass is 16.5. The van der Waals surface area contributed by atoms with Gasteiger partial charge in [-0.25, -0.2) is 0 Å². The van der Waals surface area contributed by atoms with Crippen LogP contribution in [0, 0.1) is 6.92 Å². The lowest BCUT2D eigenvalue weighted by Crippen LogP contribution is -2.27. The van der Waals surface area contributed by atoms with Crippen LogP contribution in [0.4, 0.5) is 11.4 Å². The summed E-state index contributed by atoms with van der Waals surface area (Å²) in [6, 6.07) is 15.8. The largest absolute Gasteiger partial charge is 0.367 e. The summed E-state index contributed by atoms with van der Waals surface area (Å²) in [5.74, 6) is 0.359. The maximum absolute atomic E-state index is 11.3. The van der Waals surface area contributed by atoms with Gasteiger partial charge in [0.05, 0.1) is 0 Å². The molecule has 1 amide bonds. The van der Waals surface area contributed by atoms with Crippen molar-refractivity contribution in [1.29, 1.82) is 0 Å². The molecular weight excluding hydrogens is 344 g/mol. The molecule has 1 fully saturated rings. The number of primary amides is 1. The van der Waals surface area contributed by atoms with Crippen LogP contribution >= 0.6 is 0 Å². The average Bonchev–Trinajstić information content (AvgIpc) is 3.33. The zero-order valence-electron chi connectivity index (χ0n) is 14.9. The minimum atomic E-state index is -0.597. The lowest BCUT2D eigenvalue weighted by Gasteiger charge is -2.12. The molecule has 2 aromatic carbocycles. The quantitative estimate of drug-likeness (QED) is 0.718. The Morgan fingerprint density at radius 3 is 2.59 bits per heavy atom. The van der Waals surface area contributed by atoms with E-state index in [0.29, 0.717) is 24.6 Å². The number of amides is 1. The standard InChI is InChI=1S/C20H20N4O3/c1-12-6-2-4-8-14(12)22-15-9-5-3-7-13(15)19-23-20(27-24-19)17-11-10-16(26-17)18(21)25/h2-9,16-17,22H,10-11H2,1H3,(H2,21,25)/t16-,17+/m1/s1. The van der Waals surface area contributed by atoms with Crippen LogP contribution in [0.5, 0.6) is 0 Å². The van der Waals surface area contributed by atoms with Gasteiger partial charge in [-0.1, -0.05) is 35.5 Å². The summed E-state index contributed by atoms with van der Waals surface area (Å²) in [7, 11) is 0. The first-order valence-electron chi connectivity index (χ1n) is 8.82. The molecule has 0 bridgehead atoms. The Bertz CT molecular complexity index is 969. The summed E-state index contributed by atoms with van der Waals surface area (Å²) < 4.78 is 11.0. The van der Waals surface area contributed by atoms with Crippen molar-refractivity contribution in [1.82, 2.24) is 10.1 Å². The summed E-state index contributed by atoms with van der Waals surface area (Å²) in [4.78, 5) is 15.8. The first-order valence-corrected chi connectivity index (χ1v) is 8.82. The Balaban J connectivity index is 1.59. The molecule has 7 heteroatoms. The number of ether oxygens (including phenoxy) is 1. The first kappa shape index (κ1) is 17.2. The molecule has 3 N–H and O–H groups in total. The SMILES string of the molecule is Cc1ccccc1Nc1ccccc1-c1noc([C@@H]2CC[C@H](C(N)=O)O2)n1. The highest BCUT2D eigenvalue weighted by Crippen LogP contribution is 2.34. The molecule has 0 unspecified atom stereocenters. The summed E-state index contributed by atoms with van der Waals surface area (Å²) >= 11 is 0. The second-order valence-corrected chi connectivity index (χ2v) is 6.53. The molecule has 0 aliphatic carbocycles. The maximum Gasteiger partial charge on any atom is 0.256 e. The van der Waals surface area contributed by atoms with E-state index in [4.69, 9.17) is 15.0 Å². The van der Waals surface area contributed by atoms with E-state index < -0.39 is 18.1 Å². The van der Waals surface area contributed by atoms with Gasteiger partial charge in [-0.05, 0) is 43.5 Å². The van der Waals surface area contributed by atoms with Crippen LogP contribution < -0.4 is 11.1 Å². The van der Waals surface area contributed by atoms with Crippen LogP contribution in [0.1, 0.15) is 30.4 Å². The third-order valence-corrected chi connectivity index (χ3v) is 4.64. The normalized spacial score (nSPS) is 19.1. The van der Waals surface area contributed by atoms with Crippen LogP contribution in [0.25, 0.3) is 11.4 Å². The number of aromatic nitrogens is 2. The average molecular weight is 364 g/mol. The maximum atomic E-state index is 11.3. The summed E-state index contributed by atoms with van der Waals surface area (Å²) in [6.07, 6.45) is 0.183. The van der Waals surface area contributed by atoms with Gasteiger partial charge in [-0.15, -0.1) is 0 Å². The van der Waals surface area contributed by atoms with E-state index in [1.807, 2.05) is 55.5 Å². The fourth-order valence-corrected chi connectivity index (χ4v) is 3.15. The molecule has 0 saturated carbocycles. The topological polar surface area (TPSA) is 103 Å². The van der Waals surface area contributed by atoms with Crippen molar-refractivity contribution in [2.75, 3.05) is 5.32 Å². The second-order valence-electron chi connectivity index (χ2n) is 6.53. The monoisotopic (exact) mass is 364 g/mol. The molecule has 7 nitrogen and oxygen atoms in total. The zero-order chi connectivity index (χ0) is 18.8. The molecule has 1 aliphatic rings. The van der Waals surface area contributed by atoms with Gasteiger partial charge in [0.1, 0.15) is 12.2 Å². The van der Waals surface area contributed by atoms with Crippen molar-refractivity contribution in [2.45, 2.75) is 32.0 Å². The number of benzene rings is 2. The van der Waals surface area contributed by atoms with E-state index in [9.17, 15) is 4.79 Å². The highest BCUT2D eigenvalue weighted by molar-refractivity contribution is 5.79. The van der Waals surface area contributed by atoms with E-state index in [-0.39, 0.29) is 0 Å². The molecule has 2 atom stereocenters. The molecule has 0 radical (unpaired) electrons. The van der Waals surface area contributed by atoms with E-state index >= 15 is 0 Å². The molecule has 2 heterocycles. The number of rotatable bonds is 5. The van der Waals surface area contributed by atoms with Gasteiger partial charge in [-0.2, -0.15) is 4.98 Å². The number of hydrogen-bond donors (Lipinski definition) is 2. The smallest absolute Gasteiger partial charge is 0.256 e. The van der Waals surface area contributed by atoms with Gasteiger partial charge in [0, 0.05) is 16.9 Å². The van der Waals surface area contributed by atoms with Gasteiger partial charge in [-0.3, -0.25) is 4.79 Å². The number of para-hydroxylation sites is 2. The van der Waals surface area contributed by atoms with Crippen molar-refractivity contribution >= 4 is 17.3 Å². The number of anilines is 2. The van der Waals surface area contributed by atoms with Crippen molar-refractivity contribution in [3.05, 3.63) is 60.0 Å². The fourth-order valence-electron chi connectivity index (χ4n) is 3.15. The van der Waals surface area contributed by atoms with E-state index in [0.717, 1.165) is 22.5 Å². The van der Waals surface area contributed by atoms with Crippen LogP contribution in [0.15, 0.2) is 53.1 Å². The third kappa shape index (κ3) is 3.54. The minimum absolute atomic E-state index is 0.361. The Morgan fingerprint density at radius 1 is 1.11 bits per heavy atom. The number of nitrogens with one attached hydrogen (secondary N) is 1. The molecular formula is C20H20N4O3. The van der Waals surface area contributed by atoms with E-state index in [1.165, 1.54) is 0 Å². The molecule has 3 aromatic rings. The lowest BCUT2D eigenvalue weighted by atomic mass is 10.1. The Morgan fingerprint density at radius 2 is 1.85 bits per heavy atom. The van der Waals surface area contributed by atoms with E-state index in [1.54, 1.807) is 0 Å². The number of hydrogen-bond acceptors (Lipinski definition) is 6. The Labute approximate surface area is 156 Å². The summed E-state index contributed by atoms with van der Waals surface area (Å²) in [6.45, 7) is 2.05. The second kappa shape index (κ2) is 7.20. The van der Waals surface area contributed by atoms with Crippen molar-refractivity contribution in [3.63, 3.8) is 0 Å². The number of nitrogens with two attached hydrogens (primary N) is 1. The van der Waals surface area contributed by atoms with Gasteiger partial charge in [0.15, 0.2) is 0 Å². The van der Waals surface area contributed by atoms with Crippen LogP contribution in [-0.2, 0) is 9.53 Å². The number of aryl methyl sites for hydroxylation is 1. The molecule has 4 rings (SSSR count). The molecule has 1 saturated heterocycles. The molecule has 27 heavy (non-hydrogen) atoms. The zero-order valence-corrected chi connectivity index (χ0v) is 14.9. The van der Waals surface area contributed by atoms with Crippen LogP contribution in [0.3, 0.4) is 0 Å².